The molecule has 2 aromatic rings. The summed E-state index contributed by atoms with van der Waals surface area (Å²) in [6.07, 6.45) is 0. The maximum absolute atomic E-state index is 12.2. The number of fused-ring (bicyclic) bond motifs is 1. The van der Waals surface area contributed by atoms with Crippen molar-refractivity contribution in [1.29, 1.82) is 5.26 Å². The highest BCUT2D eigenvalue weighted by atomic mass is 16.5. The number of aryl methyl sites for hydroxylation is 1. The molecule has 0 aromatic carbocycles. The quantitative estimate of drug-likeness (QED) is 0.758. The van der Waals surface area contributed by atoms with Crippen LogP contribution in [0, 0.1) is 18.3 Å². The molecule has 0 amide bonds. The third-order valence-corrected chi connectivity index (χ3v) is 4.10. The Bertz CT molecular complexity index is 930. The molecule has 0 bridgehead atoms. The molecule has 0 aliphatic rings. The predicted octanol–water partition coefficient (Wildman–Crippen LogP) is 3.17. The number of hydrogen-bond acceptors (Lipinski definition) is 7. The first-order chi connectivity index (χ1) is 12.2. The van der Waals surface area contributed by atoms with Crippen LogP contribution in [0.25, 0.3) is 11.1 Å². The number of carbonyl (C=O) groups is 1. The van der Waals surface area contributed by atoms with Gasteiger partial charge < -0.3 is 14.1 Å². The summed E-state index contributed by atoms with van der Waals surface area (Å²) in [4.78, 5) is 30.6. The van der Waals surface area contributed by atoms with Crippen LogP contribution in [0.3, 0.4) is 0 Å². The minimum atomic E-state index is -0.806. The molecule has 0 saturated carbocycles. The van der Waals surface area contributed by atoms with Gasteiger partial charge >= 0.3 is 11.6 Å². The van der Waals surface area contributed by atoms with E-state index < -0.39 is 11.6 Å². The van der Waals surface area contributed by atoms with Crippen LogP contribution in [0.5, 0.6) is 0 Å². The molecule has 0 fully saturated rings. The number of hydrogen-bond donors (Lipinski definition) is 0. The van der Waals surface area contributed by atoms with Crippen LogP contribution >= 0.6 is 0 Å². The van der Waals surface area contributed by atoms with Gasteiger partial charge in [-0.1, -0.05) is 0 Å². The second-order valence-electron chi connectivity index (χ2n) is 6.53. The molecule has 138 valence electrons. The molecule has 0 radical (unpaired) electrons. The molecule has 7 heteroatoms. The summed E-state index contributed by atoms with van der Waals surface area (Å²) in [5, 5.41) is 10.1. The summed E-state index contributed by atoms with van der Waals surface area (Å²) < 4.78 is 10.2. The predicted molar refractivity (Wildman–Crippen MR) is 98.4 cm³/mol. The van der Waals surface area contributed by atoms with Crippen molar-refractivity contribution in [3.63, 3.8) is 0 Å². The van der Waals surface area contributed by atoms with Crippen LogP contribution < -0.4 is 10.5 Å². The fourth-order valence-electron chi connectivity index (χ4n) is 3.03. The Hall–Kier alpha value is -2.88. The maximum Gasteiger partial charge on any atom is 0.352 e. The highest BCUT2D eigenvalue weighted by Crippen LogP contribution is 2.30. The Morgan fingerprint density at radius 2 is 1.96 bits per heavy atom. The van der Waals surface area contributed by atoms with Gasteiger partial charge in [-0.2, -0.15) is 10.2 Å². The fraction of sp³-hybridized carbons (Fsp3) is 0.474. The Balaban J connectivity index is 2.81. The molecule has 0 aliphatic carbocycles. The number of esters is 1. The molecule has 2 aromatic heterocycles. The summed E-state index contributed by atoms with van der Waals surface area (Å²) in [5.74, 6) is -0.286. The molecule has 2 heterocycles. The summed E-state index contributed by atoms with van der Waals surface area (Å²) >= 11 is 0. The Labute approximate surface area is 152 Å². The van der Waals surface area contributed by atoms with Crippen molar-refractivity contribution in [2.45, 2.75) is 53.6 Å². The summed E-state index contributed by atoms with van der Waals surface area (Å²) in [6, 6.07) is 3.77. The van der Waals surface area contributed by atoms with Gasteiger partial charge in [-0.05, 0) is 53.2 Å². The summed E-state index contributed by atoms with van der Waals surface area (Å²) in [5.41, 5.74) is 0.0853. The van der Waals surface area contributed by atoms with Crippen LogP contribution in [0.1, 0.15) is 56.1 Å². The van der Waals surface area contributed by atoms with E-state index in [0.717, 1.165) is 0 Å². The number of pyridine rings is 1. The molecule has 0 saturated heterocycles. The van der Waals surface area contributed by atoms with Crippen molar-refractivity contribution < 1.29 is 13.9 Å². The summed E-state index contributed by atoms with van der Waals surface area (Å²) in [6.45, 7) is 11.6. The lowest BCUT2D eigenvalue weighted by Crippen LogP contribution is -2.38. The van der Waals surface area contributed by atoms with Crippen LogP contribution in [0.15, 0.2) is 15.3 Å². The van der Waals surface area contributed by atoms with Gasteiger partial charge in [0.1, 0.15) is 11.6 Å². The van der Waals surface area contributed by atoms with Gasteiger partial charge in [0.25, 0.3) is 0 Å². The van der Waals surface area contributed by atoms with E-state index in [-0.39, 0.29) is 30.0 Å². The van der Waals surface area contributed by atoms with Crippen molar-refractivity contribution in [2.24, 2.45) is 0 Å². The molecule has 0 N–H and O–H groups in total. The largest absolute Gasteiger partial charge is 0.462 e. The van der Waals surface area contributed by atoms with E-state index in [9.17, 15) is 14.9 Å². The Morgan fingerprint density at radius 3 is 2.46 bits per heavy atom. The molecule has 26 heavy (non-hydrogen) atoms. The van der Waals surface area contributed by atoms with E-state index in [2.05, 4.69) is 11.1 Å². The van der Waals surface area contributed by atoms with Gasteiger partial charge in [-0.25, -0.2) is 9.59 Å². The van der Waals surface area contributed by atoms with Gasteiger partial charge in [0, 0.05) is 17.5 Å². The number of anilines is 1. The number of ether oxygens (including phenoxy) is 1. The zero-order chi connectivity index (χ0) is 19.6. The second kappa shape index (κ2) is 7.56. The highest BCUT2D eigenvalue weighted by Gasteiger charge is 2.24. The molecule has 0 unspecified atom stereocenters. The third kappa shape index (κ3) is 3.40. The number of aromatic nitrogens is 1. The molecule has 0 aliphatic heterocycles. The average molecular weight is 357 g/mol. The Kier molecular flexibility index (Phi) is 5.66. The van der Waals surface area contributed by atoms with E-state index in [4.69, 9.17) is 9.15 Å². The van der Waals surface area contributed by atoms with Crippen LogP contribution in [-0.2, 0) is 4.74 Å². The lowest BCUT2D eigenvalue weighted by Gasteiger charge is -2.32. The fourth-order valence-corrected chi connectivity index (χ4v) is 3.03. The number of carbonyl (C=O) groups excluding carboxylic acids is 1. The van der Waals surface area contributed by atoms with Gasteiger partial charge in [0.2, 0.25) is 5.71 Å². The monoisotopic (exact) mass is 357 g/mol. The lowest BCUT2D eigenvalue weighted by atomic mass is 10.0. The van der Waals surface area contributed by atoms with Gasteiger partial charge in [0.05, 0.1) is 12.2 Å². The molecule has 0 spiro atoms. The van der Waals surface area contributed by atoms with Crippen molar-refractivity contribution in [3.05, 3.63) is 33.2 Å². The van der Waals surface area contributed by atoms with Crippen molar-refractivity contribution in [1.82, 2.24) is 4.98 Å². The third-order valence-electron chi connectivity index (χ3n) is 4.10. The minimum absolute atomic E-state index is 0.0944. The van der Waals surface area contributed by atoms with Crippen molar-refractivity contribution in [3.8, 4) is 6.07 Å². The number of rotatable bonds is 5. The normalized spacial score (nSPS) is 11.0. The van der Waals surface area contributed by atoms with Gasteiger partial charge in [0.15, 0.2) is 5.82 Å². The minimum Gasteiger partial charge on any atom is -0.462 e. The molecular weight excluding hydrogens is 334 g/mol. The lowest BCUT2D eigenvalue weighted by molar-refractivity contribution is 0.0521. The Morgan fingerprint density at radius 1 is 1.35 bits per heavy atom. The molecule has 7 nitrogen and oxygen atoms in total. The molecule has 2 rings (SSSR count). The smallest absolute Gasteiger partial charge is 0.352 e. The van der Waals surface area contributed by atoms with Crippen LogP contribution in [-0.4, -0.2) is 29.6 Å². The van der Waals surface area contributed by atoms with Gasteiger partial charge in [-0.15, -0.1) is 0 Å². The van der Waals surface area contributed by atoms with Crippen molar-refractivity contribution in [2.75, 3.05) is 11.5 Å². The number of nitrogens with zero attached hydrogens (tertiary/aromatic N) is 3. The van der Waals surface area contributed by atoms with Crippen LogP contribution in [0.4, 0.5) is 5.82 Å². The second-order valence-corrected chi connectivity index (χ2v) is 6.53. The topological polar surface area (TPSA) is 96.4 Å². The highest BCUT2D eigenvalue weighted by molar-refractivity contribution is 5.94. The maximum atomic E-state index is 12.2. The van der Waals surface area contributed by atoms with E-state index in [1.54, 1.807) is 13.8 Å². The summed E-state index contributed by atoms with van der Waals surface area (Å²) in [7, 11) is 0. The average Bonchev–Trinajstić information content (AvgIpc) is 2.54. The van der Waals surface area contributed by atoms with Crippen molar-refractivity contribution >= 4 is 22.9 Å². The number of nitriles is 1. The first-order valence-corrected chi connectivity index (χ1v) is 8.56. The SMILES string of the molecule is CCOC(=O)c1cc2c(C)c(C#N)c(N(C(C)C)C(C)C)nc2oc1=O. The molecule has 0 atom stereocenters. The van der Waals surface area contributed by atoms with E-state index in [1.165, 1.54) is 6.07 Å². The van der Waals surface area contributed by atoms with Crippen LogP contribution in [0.2, 0.25) is 0 Å². The molecular formula is C19H23N3O4. The van der Waals surface area contributed by atoms with Gasteiger partial charge in [-0.3, -0.25) is 0 Å². The first kappa shape index (κ1) is 19.4. The standard InChI is InChI=1S/C19H23N3O4/c1-7-25-18(23)14-8-13-12(6)15(9-20)16(21-17(13)26-19(14)24)22(10(2)3)11(4)5/h8,10-11H,7H2,1-6H3. The van der Waals surface area contributed by atoms with E-state index in [1.807, 2.05) is 32.6 Å². The first-order valence-electron chi connectivity index (χ1n) is 8.56. The van der Waals surface area contributed by atoms with E-state index in [0.29, 0.717) is 22.3 Å². The zero-order valence-corrected chi connectivity index (χ0v) is 15.9. The zero-order valence-electron chi connectivity index (χ0n) is 15.9. The van der Waals surface area contributed by atoms with E-state index >= 15 is 0 Å².